The Hall–Kier alpha value is -4.10. The molecule has 0 radical (unpaired) electrons. The lowest BCUT2D eigenvalue weighted by Gasteiger charge is -2.23. The van der Waals surface area contributed by atoms with Gasteiger partial charge in [0.2, 0.25) is 0 Å². The maximum absolute atomic E-state index is 13.5. The predicted octanol–water partition coefficient (Wildman–Crippen LogP) is 8.46. The average Bonchev–Trinajstić information content (AvgIpc) is 3.14. The minimum atomic E-state index is -5.18. The number of hydrogen-bond acceptors (Lipinski definition) is 4. The Morgan fingerprint density at radius 3 is 2.21 bits per heavy atom. The van der Waals surface area contributed by atoms with Crippen molar-refractivity contribution >= 4 is 11.8 Å². The highest BCUT2D eigenvalue weighted by Crippen LogP contribution is 2.36. The molecule has 2 aromatic carbocycles. The fraction of sp³-hybridized carbons (Fsp3) is 0.321. The number of benzene rings is 2. The molecule has 228 valence electrons. The zero-order valence-corrected chi connectivity index (χ0v) is 22.1. The molecule has 2 atom stereocenters. The first-order chi connectivity index (χ1) is 19.3. The van der Waals surface area contributed by atoms with Gasteiger partial charge in [0.15, 0.2) is 0 Å². The first-order valence-electron chi connectivity index (χ1n) is 12.2. The molecule has 0 spiro atoms. The van der Waals surface area contributed by atoms with Gasteiger partial charge >= 0.3 is 24.8 Å². The molecule has 0 saturated carbocycles. The van der Waals surface area contributed by atoms with Gasteiger partial charge in [0.1, 0.15) is 11.9 Å². The van der Waals surface area contributed by atoms with Gasteiger partial charge in [-0.05, 0) is 60.9 Å². The molecular formula is C28H25F9N2O3. The molecule has 0 unspecified atom stereocenters. The zero-order chi connectivity index (χ0) is 31.5. The topological polar surface area (TPSA) is 50.8 Å². The Kier molecular flexibility index (Phi) is 9.58. The molecule has 1 aliphatic rings. The third-order valence-corrected chi connectivity index (χ3v) is 6.22. The molecule has 1 amide bonds. The van der Waals surface area contributed by atoms with E-state index < -0.39 is 59.4 Å². The second-order valence-corrected chi connectivity index (χ2v) is 9.38. The average molecular weight is 609 g/mol. The van der Waals surface area contributed by atoms with Crippen molar-refractivity contribution in [2.45, 2.75) is 57.8 Å². The number of halogens is 9. The molecule has 1 aliphatic heterocycles. The standard InChI is InChI=1S/C28H25F9N2O3/c1-16(11-21(27(32,33)34)12-17(2)26(29,30)31)24-18(3)39(25(40)41-24)15-20-13-22(42-28(35,36)37)9-10-23(20)38-14-19-7-5-4-6-8-19/h4-13,18,24,38H,1,14-15H2,2-3H3/b17-12+,21-11+/t18-,24+/m0/s1. The first-order valence-corrected chi connectivity index (χ1v) is 12.2. The zero-order valence-electron chi connectivity index (χ0n) is 22.1. The lowest BCUT2D eigenvalue weighted by molar-refractivity contribution is -0.274. The fourth-order valence-electron chi connectivity index (χ4n) is 4.05. The van der Waals surface area contributed by atoms with Crippen LogP contribution in [-0.4, -0.2) is 41.9 Å². The van der Waals surface area contributed by atoms with Crippen LogP contribution in [0.1, 0.15) is 25.0 Å². The van der Waals surface area contributed by atoms with E-state index in [9.17, 15) is 44.3 Å². The molecule has 42 heavy (non-hydrogen) atoms. The van der Waals surface area contributed by atoms with Gasteiger partial charge in [-0.3, -0.25) is 4.90 Å². The molecule has 5 nitrogen and oxygen atoms in total. The molecule has 3 rings (SSSR count). The van der Waals surface area contributed by atoms with Crippen molar-refractivity contribution in [3.05, 3.63) is 95.1 Å². The quantitative estimate of drug-likeness (QED) is 0.229. The van der Waals surface area contributed by atoms with E-state index in [2.05, 4.69) is 16.6 Å². The summed E-state index contributed by atoms with van der Waals surface area (Å²) in [4.78, 5) is 13.8. The molecule has 1 N–H and O–H groups in total. The van der Waals surface area contributed by atoms with Crippen LogP contribution in [0.15, 0.2) is 84.0 Å². The van der Waals surface area contributed by atoms with Crippen LogP contribution >= 0.6 is 0 Å². The van der Waals surface area contributed by atoms with E-state index in [1.165, 1.54) is 13.0 Å². The number of alkyl halides is 9. The number of rotatable bonds is 9. The van der Waals surface area contributed by atoms with Crippen LogP contribution in [0.3, 0.4) is 0 Å². The monoisotopic (exact) mass is 608 g/mol. The summed E-state index contributed by atoms with van der Waals surface area (Å²) in [6.07, 6.45) is -17.3. The Labute approximate surface area is 234 Å². The summed E-state index contributed by atoms with van der Waals surface area (Å²) in [7, 11) is 0. The van der Waals surface area contributed by atoms with Gasteiger partial charge in [-0.25, -0.2) is 4.79 Å². The summed E-state index contributed by atoms with van der Waals surface area (Å²) in [5.74, 6) is -0.575. The summed E-state index contributed by atoms with van der Waals surface area (Å²) < 4.78 is 127. The van der Waals surface area contributed by atoms with E-state index in [0.29, 0.717) is 18.7 Å². The minimum absolute atomic E-state index is 0.0821. The van der Waals surface area contributed by atoms with Gasteiger partial charge in [0, 0.05) is 17.8 Å². The van der Waals surface area contributed by atoms with E-state index in [4.69, 9.17) is 4.74 Å². The van der Waals surface area contributed by atoms with E-state index in [1.54, 1.807) is 30.3 Å². The Bertz CT molecular complexity index is 1350. The normalized spacial score (nSPS) is 18.6. The van der Waals surface area contributed by atoms with Crippen molar-refractivity contribution in [1.29, 1.82) is 0 Å². The molecule has 0 aromatic heterocycles. The summed E-state index contributed by atoms with van der Waals surface area (Å²) >= 11 is 0. The van der Waals surface area contributed by atoms with Crippen LogP contribution in [0.5, 0.6) is 5.75 Å². The highest BCUT2D eigenvalue weighted by Gasteiger charge is 2.42. The molecule has 1 saturated heterocycles. The summed E-state index contributed by atoms with van der Waals surface area (Å²) in [6, 6.07) is 11.4. The summed E-state index contributed by atoms with van der Waals surface area (Å²) in [6.45, 7) is 5.26. The van der Waals surface area contributed by atoms with Gasteiger partial charge in [-0.15, -0.1) is 13.2 Å². The SMILES string of the molecule is C=C(/C=C(\C=C(/C)C(F)(F)F)C(F)(F)F)[C@H]1OC(=O)N(Cc2cc(OC(F)(F)F)ccc2NCc2ccccc2)[C@H]1C. The van der Waals surface area contributed by atoms with E-state index >= 15 is 0 Å². The van der Waals surface area contributed by atoms with Crippen molar-refractivity contribution in [3.63, 3.8) is 0 Å². The second kappa shape index (κ2) is 12.4. The molecule has 0 bridgehead atoms. The number of carbonyl (C=O) groups is 1. The van der Waals surface area contributed by atoms with Crippen LogP contribution in [0.4, 0.5) is 50.0 Å². The lowest BCUT2D eigenvalue weighted by Crippen LogP contribution is -2.34. The maximum atomic E-state index is 13.5. The van der Waals surface area contributed by atoms with Crippen LogP contribution in [0.25, 0.3) is 0 Å². The van der Waals surface area contributed by atoms with Gasteiger partial charge < -0.3 is 14.8 Å². The lowest BCUT2D eigenvalue weighted by atomic mass is 10.0. The van der Waals surface area contributed by atoms with Crippen molar-refractivity contribution in [2.75, 3.05) is 5.32 Å². The highest BCUT2D eigenvalue weighted by atomic mass is 19.4. The largest absolute Gasteiger partial charge is 0.573 e. The smallest absolute Gasteiger partial charge is 0.439 e. The maximum Gasteiger partial charge on any atom is 0.573 e. The summed E-state index contributed by atoms with van der Waals surface area (Å²) in [5.41, 5.74) is -2.26. The van der Waals surface area contributed by atoms with Crippen molar-refractivity contribution in [1.82, 2.24) is 4.90 Å². The minimum Gasteiger partial charge on any atom is -0.439 e. The van der Waals surface area contributed by atoms with Crippen molar-refractivity contribution in [3.8, 4) is 5.75 Å². The van der Waals surface area contributed by atoms with E-state index in [-0.39, 0.29) is 24.7 Å². The van der Waals surface area contributed by atoms with Crippen molar-refractivity contribution < 1.29 is 53.8 Å². The van der Waals surface area contributed by atoms with E-state index in [1.807, 2.05) is 0 Å². The number of anilines is 1. The number of nitrogens with zero attached hydrogens (tertiary/aromatic N) is 1. The van der Waals surface area contributed by atoms with Gasteiger partial charge in [0.05, 0.1) is 18.2 Å². The highest BCUT2D eigenvalue weighted by molar-refractivity contribution is 5.72. The van der Waals surface area contributed by atoms with E-state index in [0.717, 1.165) is 22.6 Å². The number of cyclic esters (lactones) is 1. The number of amides is 1. The molecule has 1 fully saturated rings. The number of ether oxygens (including phenoxy) is 2. The Morgan fingerprint density at radius 1 is 1.00 bits per heavy atom. The van der Waals surface area contributed by atoms with Crippen LogP contribution < -0.4 is 10.1 Å². The van der Waals surface area contributed by atoms with Crippen LogP contribution in [0, 0.1) is 0 Å². The Morgan fingerprint density at radius 2 is 1.64 bits per heavy atom. The number of nitrogens with one attached hydrogen (secondary N) is 1. The van der Waals surface area contributed by atoms with Crippen LogP contribution in [-0.2, 0) is 17.8 Å². The molecule has 14 heteroatoms. The molecule has 0 aliphatic carbocycles. The van der Waals surface area contributed by atoms with Gasteiger partial charge in [0.25, 0.3) is 0 Å². The third-order valence-electron chi connectivity index (χ3n) is 6.22. The van der Waals surface area contributed by atoms with Gasteiger partial charge in [-0.1, -0.05) is 36.9 Å². The molecular weight excluding hydrogens is 583 g/mol. The third kappa shape index (κ3) is 8.70. The van der Waals surface area contributed by atoms with Gasteiger partial charge in [-0.2, -0.15) is 26.3 Å². The molecule has 1 heterocycles. The Balaban J connectivity index is 1.89. The number of hydrogen-bond donors (Lipinski definition) is 1. The number of carbonyl (C=O) groups excluding carboxylic acids is 1. The fourth-order valence-corrected chi connectivity index (χ4v) is 4.05. The number of allylic oxidation sites excluding steroid dienone is 3. The molecule has 2 aromatic rings. The second-order valence-electron chi connectivity index (χ2n) is 9.38. The van der Waals surface area contributed by atoms with Crippen molar-refractivity contribution in [2.24, 2.45) is 0 Å². The predicted molar refractivity (Wildman–Crippen MR) is 135 cm³/mol. The van der Waals surface area contributed by atoms with Crippen LogP contribution in [0.2, 0.25) is 0 Å². The first kappa shape index (κ1) is 32.4. The summed E-state index contributed by atoms with van der Waals surface area (Å²) in [5, 5.41) is 3.06.